The lowest BCUT2D eigenvalue weighted by Crippen LogP contribution is -2.57. The Bertz CT molecular complexity index is 566. The monoisotopic (exact) mass is 397 g/mol. The summed E-state index contributed by atoms with van der Waals surface area (Å²) in [5.41, 5.74) is -0.163. The van der Waals surface area contributed by atoms with Crippen LogP contribution in [0.25, 0.3) is 0 Å². The van der Waals surface area contributed by atoms with Crippen LogP contribution in [0, 0.1) is 5.92 Å². The summed E-state index contributed by atoms with van der Waals surface area (Å²) in [4.78, 5) is 40.8. The van der Waals surface area contributed by atoms with E-state index in [1.807, 2.05) is 46.7 Å². The van der Waals surface area contributed by atoms with E-state index in [2.05, 4.69) is 5.32 Å². The highest BCUT2D eigenvalue weighted by molar-refractivity contribution is 5.90. The second-order valence-electron chi connectivity index (χ2n) is 7.63. The van der Waals surface area contributed by atoms with E-state index in [0.29, 0.717) is 25.0 Å². The first kappa shape index (κ1) is 26.1. The van der Waals surface area contributed by atoms with Crippen LogP contribution >= 0.6 is 0 Å². The molecule has 0 aliphatic carbocycles. The fourth-order valence-corrected chi connectivity index (χ4v) is 3.34. The summed E-state index contributed by atoms with van der Waals surface area (Å²) in [7, 11) is 5.43. The molecule has 0 aromatic heterocycles. The topological polar surface area (TPSA) is 79.0 Å². The number of ether oxygens (including phenoxy) is 1. The lowest BCUT2D eigenvalue weighted by Gasteiger charge is -2.37. The smallest absolute Gasteiger partial charge is 0.333 e. The first-order valence-electron chi connectivity index (χ1n) is 10.0. The van der Waals surface area contributed by atoms with Crippen LogP contribution in [0.1, 0.15) is 54.4 Å². The number of carbonyl (C=O) groups excluding carboxylic acids is 3. The molecule has 7 nitrogen and oxygen atoms in total. The fourth-order valence-electron chi connectivity index (χ4n) is 3.34. The van der Waals surface area contributed by atoms with Gasteiger partial charge in [0.1, 0.15) is 0 Å². The van der Waals surface area contributed by atoms with Gasteiger partial charge >= 0.3 is 5.97 Å². The van der Waals surface area contributed by atoms with E-state index in [1.165, 1.54) is 0 Å². The number of hydrogen-bond acceptors (Lipinski definition) is 5. The van der Waals surface area contributed by atoms with Gasteiger partial charge < -0.3 is 15.0 Å². The number of rotatable bonds is 11. The second-order valence-corrected chi connectivity index (χ2v) is 7.63. The molecule has 0 radical (unpaired) electrons. The highest BCUT2D eigenvalue weighted by atomic mass is 16.5. The molecule has 162 valence electrons. The molecule has 1 atom stereocenters. The van der Waals surface area contributed by atoms with E-state index in [0.717, 1.165) is 0 Å². The number of carbonyl (C=O) groups is 3. The van der Waals surface area contributed by atoms with Crippen LogP contribution in [-0.4, -0.2) is 73.5 Å². The van der Waals surface area contributed by atoms with Gasteiger partial charge in [-0.25, -0.2) is 4.79 Å². The first-order chi connectivity index (χ1) is 13.0. The zero-order chi connectivity index (χ0) is 22.1. The van der Waals surface area contributed by atoms with Crippen molar-refractivity contribution in [2.75, 3.05) is 34.3 Å². The predicted molar refractivity (Wildman–Crippen MR) is 112 cm³/mol. The number of nitrogens with zero attached hydrogens (tertiary/aromatic N) is 2. The summed E-state index contributed by atoms with van der Waals surface area (Å²) < 4.78 is 5.02. The van der Waals surface area contributed by atoms with Crippen molar-refractivity contribution in [1.29, 1.82) is 0 Å². The molecule has 7 heteroatoms. The maximum Gasteiger partial charge on any atom is 0.333 e. The quantitative estimate of drug-likeness (QED) is 0.427. The molecule has 0 heterocycles. The summed E-state index contributed by atoms with van der Waals surface area (Å²) in [5, 5.41) is 2.79. The Labute approximate surface area is 170 Å². The minimum absolute atomic E-state index is 0.0829. The molecular formula is C21H39N3O4. The molecule has 28 heavy (non-hydrogen) atoms. The Balaban J connectivity index is 5.23. The molecule has 0 fully saturated rings. The third-order valence-corrected chi connectivity index (χ3v) is 5.39. The lowest BCUT2D eigenvalue weighted by atomic mass is 9.90. The van der Waals surface area contributed by atoms with E-state index in [-0.39, 0.29) is 36.3 Å². The van der Waals surface area contributed by atoms with Crippen LogP contribution in [0.2, 0.25) is 0 Å². The predicted octanol–water partition coefficient (Wildman–Crippen LogP) is 2.22. The van der Waals surface area contributed by atoms with E-state index < -0.39 is 5.54 Å². The van der Waals surface area contributed by atoms with Gasteiger partial charge in [0.25, 0.3) is 0 Å². The molecule has 0 saturated carbocycles. The van der Waals surface area contributed by atoms with Gasteiger partial charge in [-0.15, -0.1) is 0 Å². The fraction of sp³-hybridized carbons (Fsp3) is 0.762. The van der Waals surface area contributed by atoms with Crippen LogP contribution in [0.15, 0.2) is 11.6 Å². The summed E-state index contributed by atoms with van der Waals surface area (Å²) in [6, 6.07) is -0.273. The van der Waals surface area contributed by atoms with Gasteiger partial charge in [-0.05, 0) is 46.7 Å². The van der Waals surface area contributed by atoms with E-state index in [4.69, 9.17) is 4.74 Å². The van der Waals surface area contributed by atoms with Crippen molar-refractivity contribution in [1.82, 2.24) is 15.1 Å². The normalized spacial score (nSPS) is 13.5. The van der Waals surface area contributed by atoms with E-state index in [1.54, 1.807) is 31.9 Å². The number of hydrogen-bond donors (Lipinski definition) is 1. The molecule has 0 spiro atoms. The van der Waals surface area contributed by atoms with Crippen LogP contribution < -0.4 is 5.32 Å². The van der Waals surface area contributed by atoms with Gasteiger partial charge in [0.15, 0.2) is 0 Å². The average molecular weight is 398 g/mol. The standard InChI is InChI=1S/C21H39N3O4/c1-10-21(11-2,23(7)8)20(27)22-14-18(25)24(9)17(15(4)5)13-16(6)19(26)28-12-3/h13,15,17H,10-12,14H2,1-9H3,(H,22,27)/b16-13+/t17-/m1/s1. The van der Waals surface area contributed by atoms with Gasteiger partial charge in [0, 0.05) is 12.6 Å². The van der Waals surface area contributed by atoms with E-state index in [9.17, 15) is 14.4 Å². The molecule has 1 N–H and O–H groups in total. The minimum atomic E-state index is -0.628. The Morgan fingerprint density at radius 3 is 2.00 bits per heavy atom. The molecule has 0 aromatic rings. The molecular weight excluding hydrogens is 358 g/mol. The Morgan fingerprint density at radius 2 is 1.61 bits per heavy atom. The number of amides is 2. The highest BCUT2D eigenvalue weighted by Gasteiger charge is 2.37. The molecule has 0 aromatic carbocycles. The molecule has 0 saturated heterocycles. The maximum atomic E-state index is 12.7. The SMILES string of the molecule is CCOC(=O)/C(C)=C/[C@H](C(C)C)N(C)C(=O)CNC(=O)C(CC)(CC)N(C)C. The number of likely N-dealkylation sites (N-methyl/N-ethyl adjacent to an activating group) is 2. The summed E-state index contributed by atoms with van der Waals surface area (Å²) in [6.07, 6.45) is 3.06. The van der Waals surface area contributed by atoms with Crippen molar-refractivity contribution < 1.29 is 19.1 Å². The van der Waals surface area contributed by atoms with Crippen LogP contribution in [0.5, 0.6) is 0 Å². The molecule has 0 aliphatic rings. The van der Waals surface area contributed by atoms with Gasteiger partial charge in [-0.2, -0.15) is 0 Å². The van der Waals surface area contributed by atoms with Crippen molar-refractivity contribution in [3.05, 3.63) is 11.6 Å². The Hall–Kier alpha value is -1.89. The van der Waals surface area contributed by atoms with Crippen LogP contribution in [0.4, 0.5) is 0 Å². The molecule has 2 amide bonds. The minimum Gasteiger partial charge on any atom is -0.463 e. The maximum absolute atomic E-state index is 12.7. The second kappa shape index (κ2) is 11.8. The van der Waals surface area contributed by atoms with Gasteiger partial charge in [0.2, 0.25) is 11.8 Å². The molecule has 0 aliphatic heterocycles. The van der Waals surface area contributed by atoms with Crippen molar-refractivity contribution in [2.24, 2.45) is 5.92 Å². The molecule has 0 unspecified atom stereocenters. The van der Waals surface area contributed by atoms with Crippen LogP contribution in [-0.2, 0) is 19.1 Å². The number of nitrogens with one attached hydrogen (secondary N) is 1. The average Bonchev–Trinajstić information content (AvgIpc) is 2.64. The number of esters is 1. The summed E-state index contributed by atoms with van der Waals surface area (Å²) >= 11 is 0. The molecule has 0 bridgehead atoms. The lowest BCUT2D eigenvalue weighted by molar-refractivity contribution is -0.138. The highest BCUT2D eigenvalue weighted by Crippen LogP contribution is 2.21. The Kier molecular flexibility index (Phi) is 11.0. The first-order valence-corrected chi connectivity index (χ1v) is 10.0. The van der Waals surface area contributed by atoms with Gasteiger partial charge in [0.05, 0.1) is 24.7 Å². The van der Waals surface area contributed by atoms with Crippen molar-refractivity contribution in [3.8, 4) is 0 Å². The Morgan fingerprint density at radius 1 is 1.07 bits per heavy atom. The van der Waals surface area contributed by atoms with Crippen molar-refractivity contribution in [3.63, 3.8) is 0 Å². The van der Waals surface area contributed by atoms with Crippen molar-refractivity contribution >= 4 is 17.8 Å². The van der Waals surface area contributed by atoms with Gasteiger partial charge in [-0.3, -0.25) is 14.5 Å². The largest absolute Gasteiger partial charge is 0.463 e. The summed E-state index contributed by atoms with van der Waals surface area (Å²) in [6.45, 7) is 11.6. The third kappa shape index (κ3) is 6.62. The zero-order valence-electron chi connectivity index (χ0n) is 19.1. The van der Waals surface area contributed by atoms with Crippen LogP contribution in [0.3, 0.4) is 0 Å². The van der Waals surface area contributed by atoms with Gasteiger partial charge in [-0.1, -0.05) is 33.8 Å². The third-order valence-electron chi connectivity index (χ3n) is 5.39. The van der Waals surface area contributed by atoms with E-state index >= 15 is 0 Å². The molecule has 0 rings (SSSR count). The zero-order valence-corrected chi connectivity index (χ0v) is 19.1. The summed E-state index contributed by atoms with van der Waals surface area (Å²) in [5.74, 6) is -0.645. The van der Waals surface area contributed by atoms with Crippen molar-refractivity contribution in [2.45, 2.75) is 66.0 Å².